The Labute approximate surface area is 123 Å². The monoisotopic (exact) mass is 277 g/mol. The summed E-state index contributed by atoms with van der Waals surface area (Å²) in [5.41, 5.74) is 3.30. The van der Waals surface area contributed by atoms with E-state index in [0.717, 1.165) is 34.1 Å². The maximum atomic E-state index is 11.3. The van der Waals surface area contributed by atoms with Crippen LogP contribution in [0.1, 0.15) is 21.5 Å². The summed E-state index contributed by atoms with van der Waals surface area (Å²) in [6, 6.07) is 15.4. The highest BCUT2D eigenvalue weighted by Gasteiger charge is 2.11. The van der Waals surface area contributed by atoms with E-state index in [2.05, 4.69) is 4.98 Å². The summed E-state index contributed by atoms with van der Waals surface area (Å²) >= 11 is 0. The van der Waals surface area contributed by atoms with Crippen LogP contribution in [0.5, 0.6) is 11.6 Å². The standard InChI is InChI=1S/C18H15NO2/c1-12-6-5-7-13(2)17(12)21-18-15(11-20)10-14-8-3-4-9-16(14)19-18/h3-11H,1-2H3. The van der Waals surface area contributed by atoms with E-state index in [0.29, 0.717) is 11.4 Å². The van der Waals surface area contributed by atoms with Crippen molar-refractivity contribution in [3.05, 3.63) is 65.2 Å². The zero-order valence-corrected chi connectivity index (χ0v) is 12.0. The van der Waals surface area contributed by atoms with Crippen molar-refractivity contribution < 1.29 is 9.53 Å². The number of aryl methyl sites for hydroxylation is 2. The van der Waals surface area contributed by atoms with Crippen LogP contribution in [0.15, 0.2) is 48.5 Å². The zero-order valence-electron chi connectivity index (χ0n) is 12.0. The van der Waals surface area contributed by atoms with Crippen molar-refractivity contribution in [1.82, 2.24) is 4.98 Å². The highest BCUT2D eigenvalue weighted by Crippen LogP contribution is 2.30. The van der Waals surface area contributed by atoms with Gasteiger partial charge in [-0.3, -0.25) is 4.79 Å². The number of para-hydroxylation sites is 2. The van der Waals surface area contributed by atoms with E-state index in [1.165, 1.54) is 0 Å². The molecule has 3 nitrogen and oxygen atoms in total. The van der Waals surface area contributed by atoms with Crippen molar-refractivity contribution in [3.63, 3.8) is 0 Å². The lowest BCUT2D eigenvalue weighted by atomic mass is 10.1. The molecule has 0 unspecified atom stereocenters. The van der Waals surface area contributed by atoms with Crippen LogP contribution in [-0.2, 0) is 0 Å². The van der Waals surface area contributed by atoms with Gasteiger partial charge < -0.3 is 4.74 Å². The number of fused-ring (bicyclic) bond motifs is 1. The van der Waals surface area contributed by atoms with Crippen molar-refractivity contribution in [1.29, 1.82) is 0 Å². The minimum Gasteiger partial charge on any atom is -0.438 e. The molecule has 0 fully saturated rings. The molecule has 0 aliphatic rings. The predicted octanol–water partition coefficient (Wildman–Crippen LogP) is 4.46. The highest BCUT2D eigenvalue weighted by molar-refractivity contribution is 5.88. The van der Waals surface area contributed by atoms with Gasteiger partial charge in [-0.05, 0) is 37.1 Å². The molecule has 0 saturated heterocycles. The third-order valence-corrected chi connectivity index (χ3v) is 3.45. The first-order valence-electron chi connectivity index (χ1n) is 6.78. The number of aldehydes is 1. The first kappa shape index (κ1) is 13.3. The second kappa shape index (κ2) is 5.37. The molecule has 0 bridgehead atoms. The van der Waals surface area contributed by atoms with Gasteiger partial charge >= 0.3 is 0 Å². The number of aromatic nitrogens is 1. The van der Waals surface area contributed by atoms with Crippen molar-refractivity contribution in [2.24, 2.45) is 0 Å². The molecule has 0 atom stereocenters. The van der Waals surface area contributed by atoms with Crippen molar-refractivity contribution in [3.8, 4) is 11.6 Å². The van der Waals surface area contributed by atoms with Gasteiger partial charge in [0.25, 0.3) is 0 Å². The van der Waals surface area contributed by atoms with Crippen LogP contribution in [0.25, 0.3) is 10.9 Å². The molecule has 0 aliphatic carbocycles. The van der Waals surface area contributed by atoms with Gasteiger partial charge in [0.15, 0.2) is 6.29 Å². The van der Waals surface area contributed by atoms with E-state index < -0.39 is 0 Å². The van der Waals surface area contributed by atoms with Crippen molar-refractivity contribution >= 4 is 17.2 Å². The molecular formula is C18H15NO2. The lowest BCUT2D eigenvalue weighted by Crippen LogP contribution is -1.97. The fraction of sp³-hybridized carbons (Fsp3) is 0.111. The average molecular weight is 277 g/mol. The summed E-state index contributed by atoms with van der Waals surface area (Å²) in [5.74, 6) is 1.10. The highest BCUT2D eigenvalue weighted by atomic mass is 16.5. The first-order valence-corrected chi connectivity index (χ1v) is 6.78. The van der Waals surface area contributed by atoms with Crippen molar-refractivity contribution in [2.75, 3.05) is 0 Å². The number of hydrogen-bond donors (Lipinski definition) is 0. The fourth-order valence-corrected chi connectivity index (χ4v) is 2.34. The van der Waals surface area contributed by atoms with E-state index in [1.54, 1.807) is 6.07 Å². The summed E-state index contributed by atoms with van der Waals surface area (Å²) in [6.45, 7) is 3.95. The summed E-state index contributed by atoms with van der Waals surface area (Å²) in [6.07, 6.45) is 0.780. The summed E-state index contributed by atoms with van der Waals surface area (Å²) in [4.78, 5) is 15.8. The summed E-state index contributed by atoms with van der Waals surface area (Å²) < 4.78 is 5.93. The SMILES string of the molecule is Cc1cccc(C)c1Oc1nc2ccccc2cc1C=O. The Hall–Kier alpha value is -2.68. The predicted molar refractivity (Wildman–Crippen MR) is 83.1 cm³/mol. The lowest BCUT2D eigenvalue weighted by molar-refractivity contribution is 0.112. The molecule has 3 aromatic rings. The molecule has 0 aliphatic heterocycles. The quantitative estimate of drug-likeness (QED) is 0.664. The second-order valence-electron chi connectivity index (χ2n) is 5.02. The van der Waals surface area contributed by atoms with Gasteiger partial charge in [0.1, 0.15) is 5.75 Å². The average Bonchev–Trinajstić information content (AvgIpc) is 2.50. The number of pyridine rings is 1. The van der Waals surface area contributed by atoms with Crippen molar-refractivity contribution in [2.45, 2.75) is 13.8 Å². The minimum absolute atomic E-state index is 0.348. The number of carbonyl (C=O) groups is 1. The van der Waals surface area contributed by atoms with Crippen LogP contribution in [0.2, 0.25) is 0 Å². The Kier molecular flexibility index (Phi) is 3.40. The third kappa shape index (κ3) is 2.50. The lowest BCUT2D eigenvalue weighted by Gasteiger charge is -2.12. The van der Waals surface area contributed by atoms with Gasteiger partial charge in [-0.15, -0.1) is 0 Å². The van der Waals surface area contributed by atoms with Crippen LogP contribution in [0, 0.1) is 13.8 Å². The Morgan fingerprint density at radius 2 is 1.71 bits per heavy atom. The van der Waals surface area contributed by atoms with Gasteiger partial charge in [-0.25, -0.2) is 4.98 Å². The van der Waals surface area contributed by atoms with Gasteiger partial charge in [0.2, 0.25) is 5.88 Å². The number of carbonyl (C=O) groups excluding carboxylic acids is 1. The third-order valence-electron chi connectivity index (χ3n) is 3.45. The molecule has 21 heavy (non-hydrogen) atoms. The van der Waals surface area contributed by atoms with Crippen LogP contribution < -0.4 is 4.74 Å². The maximum Gasteiger partial charge on any atom is 0.230 e. The molecule has 3 heteroatoms. The molecule has 1 heterocycles. The molecule has 2 aromatic carbocycles. The molecule has 1 aromatic heterocycles. The summed E-state index contributed by atoms with van der Waals surface area (Å²) in [5, 5.41) is 0.924. The van der Waals surface area contributed by atoms with Crippen LogP contribution in [0.3, 0.4) is 0 Å². The Bertz CT molecular complexity index is 804. The van der Waals surface area contributed by atoms with E-state index in [4.69, 9.17) is 4.74 Å². The number of ether oxygens (including phenoxy) is 1. The topological polar surface area (TPSA) is 39.2 Å². The Balaban J connectivity index is 2.13. The number of benzene rings is 2. The Morgan fingerprint density at radius 3 is 2.43 bits per heavy atom. The largest absolute Gasteiger partial charge is 0.438 e. The molecule has 0 saturated carbocycles. The maximum absolute atomic E-state index is 11.3. The number of hydrogen-bond acceptors (Lipinski definition) is 3. The van der Waals surface area contributed by atoms with Gasteiger partial charge in [0.05, 0.1) is 11.1 Å². The summed E-state index contributed by atoms with van der Waals surface area (Å²) in [7, 11) is 0. The molecular weight excluding hydrogens is 262 g/mol. The van der Waals surface area contributed by atoms with E-state index >= 15 is 0 Å². The van der Waals surface area contributed by atoms with Crippen LogP contribution >= 0.6 is 0 Å². The fourth-order valence-electron chi connectivity index (χ4n) is 2.34. The molecule has 104 valence electrons. The van der Waals surface area contributed by atoms with E-state index in [-0.39, 0.29) is 0 Å². The first-order chi connectivity index (χ1) is 10.2. The molecule has 3 rings (SSSR count). The van der Waals surface area contributed by atoms with Gasteiger partial charge in [-0.2, -0.15) is 0 Å². The zero-order chi connectivity index (χ0) is 14.8. The van der Waals surface area contributed by atoms with Gasteiger partial charge in [0, 0.05) is 5.39 Å². The molecule has 0 radical (unpaired) electrons. The van der Waals surface area contributed by atoms with E-state index in [1.807, 2.05) is 56.3 Å². The minimum atomic E-state index is 0.348. The normalized spacial score (nSPS) is 10.6. The van der Waals surface area contributed by atoms with Gasteiger partial charge in [-0.1, -0.05) is 36.4 Å². The molecule has 0 spiro atoms. The molecule has 0 amide bonds. The van der Waals surface area contributed by atoms with E-state index in [9.17, 15) is 4.79 Å². The van der Waals surface area contributed by atoms with Crippen LogP contribution in [0.4, 0.5) is 0 Å². The smallest absolute Gasteiger partial charge is 0.230 e. The van der Waals surface area contributed by atoms with Crippen LogP contribution in [-0.4, -0.2) is 11.3 Å². The number of rotatable bonds is 3. The number of nitrogens with zero attached hydrogens (tertiary/aromatic N) is 1. The second-order valence-corrected chi connectivity index (χ2v) is 5.02. The molecule has 0 N–H and O–H groups in total. The Morgan fingerprint density at radius 1 is 1.00 bits per heavy atom.